The molecule has 0 spiro atoms. The van der Waals surface area contributed by atoms with Gasteiger partial charge in [0, 0.05) is 6.54 Å². The standard InChI is InChI=1S/C20H20N2O6S/c1-13(2)14-7-9-15(10-8-14)29(26,27)21-12-11-18(23)28-22-19(24)16-5-3-4-6-17(16)20(22)25/h3-10,13,21H,11-12H2,1-2H3. The summed E-state index contributed by atoms with van der Waals surface area (Å²) in [4.78, 5) is 41.2. The van der Waals surface area contributed by atoms with Crippen LogP contribution in [0.15, 0.2) is 53.4 Å². The van der Waals surface area contributed by atoms with Crippen LogP contribution in [-0.2, 0) is 19.7 Å². The van der Waals surface area contributed by atoms with Crippen LogP contribution in [0.1, 0.15) is 52.5 Å². The number of carbonyl (C=O) groups excluding carboxylic acids is 3. The number of rotatable bonds is 7. The summed E-state index contributed by atoms with van der Waals surface area (Å²) in [6, 6.07) is 12.6. The minimum atomic E-state index is -3.80. The van der Waals surface area contributed by atoms with E-state index in [0.29, 0.717) is 5.06 Å². The van der Waals surface area contributed by atoms with E-state index >= 15 is 0 Å². The summed E-state index contributed by atoms with van der Waals surface area (Å²) in [6.45, 7) is 3.76. The Labute approximate surface area is 168 Å². The Hall–Kier alpha value is -3.04. The van der Waals surface area contributed by atoms with Gasteiger partial charge in [0.2, 0.25) is 10.0 Å². The summed E-state index contributed by atoms with van der Waals surface area (Å²) >= 11 is 0. The smallest absolute Gasteiger partial charge is 0.330 e. The molecule has 0 aliphatic carbocycles. The summed E-state index contributed by atoms with van der Waals surface area (Å²) in [7, 11) is -3.80. The van der Waals surface area contributed by atoms with Crippen LogP contribution in [0.5, 0.6) is 0 Å². The second-order valence-corrected chi connectivity index (χ2v) is 8.55. The number of hydrogen-bond acceptors (Lipinski definition) is 6. The molecular formula is C20H20N2O6S. The first-order valence-corrected chi connectivity index (χ1v) is 10.5. The zero-order valence-corrected chi connectivity index (χ0v) is 16.7. The fourth-order valence-electron chi connectivity index (χ4n) is 2.80. The molecule has 3 rings (SSSR count). The largest absolute Gasteiger partial charge is 0.334 e. The molecular weight excluding hydrogens is 396 g/mol. The van der Waals surface area contributed by atoms with Crippen LogP contribution in [0.4, 0.5) is 0 Å². The Balaban J connectivity index is 1.55. The van der Waals surface area contributed by atoms with Crippen molar-refractivity contribution in [1.82, 2.24) is 9.79 Å². The van der Waals surface area contributed by atoms with E-state index in [0.717, 1.165) is 5.56 Å². The summed E-state index contributed by atoms with van der Waals surface area (Å²) in [5, 5.41) is 0.395. The number of hydroxylamine groups is 2. The van der Waals surface area contributed by atoms with Crippen LogP contribution in [0, 0.1) is 0 Å². The molecule has 8 nitrogen and oxygen atoms in total. The number of nitrogens with zero attached hydrogens (tertiary/aromatic N) is 1. The van der Waals surface area contributed by atoms with Crippen LogP contribution in [0.25, 0.3) is 0 Å². The van der Waals surface area contributed by atoms with Crippen molar-refractivity contribution in [3.63, 3.8) is 0 Å². The third-order valence-electron chi connectivity index (χ3n) is 4.43. The number of fused-ring (bicyclic) bond motifs is 1. The molecule has 1 aliphatic rings. The van der Waals surface area contributed by atoms with E-state index in [4.69, 9.17) is 4.84 Å². The van der Waals surface area contributed by atoms with Crippen LogP contribution >= 0.6 is 0 Å². The fourth-order valence-corrected chi connectivity index (χ4v) is 3.83. The zero-order valence-electron chi connectivity index (χ0n) is 15.9. The summed E-state index contributed by atoms with van der Waals surface area (Å²) < 4.78 is 26.9. The van der Waals surface area contributed by atoms with E-state index in [9.17, 15) is 22.8 Å². The Bertz CT molecular complexity index is 1030. The number of hydrogen-bond donors (Lipinski definition) is 1. The van der Waals surface area contributed by atoms with Gasteiger partial charge in [-0.05, 0) is 35.7 Å². The van der Waals surface area contributed by atoms with Gasteiger partial charge in [-0.25, -0.2) is 17.9 Å². The molecule has 0 saturated heterocycles. The Morgan fingerprint density at radius 2 is 1.55 bits per heavy atom. The van der Waals surface area contributed by atoms with Gasteiger partial charge >= 0.3 is 5.97 Å². The molecule has 9 heteroatoms. The SMILES string of the molecule is CC(C)c1ccc(S(=O)(=O)NCCC(=O)ON2C(=O)c3ccccc3C2=O)cc1. The summed E-state index contributed by atoms with van der Waals surface area (Å²) in [6.07, 6.45) is -0.350. The van der Waals surface area contributed by atoms with Gasteiger partial charge in [-0.1, -0.05) is 43.2 Å². The third kappa shape index (κ3) is 4.36. The normalized spacial score (nSPS) is 13.7. The minimum Gasteiger partial charge on any atom is -0.330 e. The van der Waals surface area contributed by atoms with Gasteiger partial charge in [0.15, 0.2) is 0 Å². The lowest BCUT2D eigenvalue weighted by atomic mass is 10.0. The monoisotopic (exact) mass is 416 g/mol. The van der Waals surface area contributed by atoms with Gasteiger partial charge in [0.05, 0.1) is 22.4 Å². The lowest BCUT2D eigenvalue weighted by Crippen LogP contribution is -2.34. The predicted octanol–water partition coefficient (Wildman–Crippen LogP) is 2.23. The molecule has 0 unspecified atom stereocenters. The molecule has 2 amide bonds. The molecule has 29 heavy (non-hydrogen) atoms. The molecule has 1 heterocycles. The van der Waals surface area contributed by atoms with Crippen LogP contribution in [0.2, 0.25) is 0 Å². The topological polar surface area (TPSA) is 110 Å². The lowest BCUT2D eigenvalue weighted by molar-refractivity contribution is -0.168. The van der Waals surface area contributed by atoms with Gasteiger partial charge in [-0.2, -0.15) is 0 Å². The number of imide groups is 1. The molecule has 0 fully saturated rings. The molecule has 0 aromatic heterocycles. The van der Waals surface area contributed by atoms with Gasteiger partial charge in [-0.3, -0.25) is 9.59 Å². The molecule has 2 aromatic rings. The van der Waals surface area contributed by atoms with Crippen LogP contribution in [0.3, 0.4) is 0 Å². The van der Waals surface area contributed by atoms with Crippen molar-refractivity contribution < 1.29 is 27.6 Å². The molecule has 1 aliphatic heterocycles. The Morgan fingerprint density at radius 3 is 2.07 bits per heavy atom. The van der Waals surface area contributed by atoms with Gasteiger partial charge in [0.1, 0.15) is 0 Å². The molecule has 0 radical (unpaired) electrons. The predicted molar refractivity (Wildman–Crippen MR) is 103 cm³/mol. The van der Waals surface area contributed by atoms with Crippen molar-refractivity contribution >= 4 is 27.8 Å². The van der Waals surface area contributed by atoms with Crippen molar-refractivity contribution in [3.8, 4) is 0 Å². The summed E-state index contributed by atoms with van der Waals surface area (Å²) in [5.74, 6) is -2.09. The highest BCUT2D eigenvalue weighted by Crippen LogP contribution is 2.23. The third-order valence-corrected chi connectivity index (χ3v) is 5.91. The van der Waals surface area contributed by atoms with Crippen molar-refractivity contribution in [3.05, 3.63) is 65.2 Å². The first-order chi connectivity index (χ1) is 13.7. The van der Waals surface area contributed by atoms with E-state index in [1.807, 2.05) is 13.8 Å². The molecule has 2 aromatic carbocycles. The number of nitrogens with one attached hydrogen (secondary N) is 1. The maximum atomic E-state index is 12.3. The van der Waals surface area contributed by atoms with E-state index in [2.05, 4.69) is 4.72 Å². The van der Waals surface area contributed by atoms with Crippen molar-refractivity contribution in [2.75, 3.05) is 6.54 Å². The molecule has 0 saturated carbocycles. The van der Waals surface area contributed by atoms with Crippen LogP contribution < -0.4 is 4.72 Å². The van der Waals surface area contributed by atoms with E-state index < -0.39 is 27.8 Å². The van der Waals surface area contributed by atoms with Crippen LogP contribution in [-0.4, -0.2) is 37.8 Å². The quantitative estimate of drug-likeness (QED) is 0.693. The fraction of sp³-hybridized carbons (Fsp3) is 0.250. The zero-order chi connectivity index (χ0) is 21.2. The highest BCUT2D eigenvalue weighted by atomic mass is 32.2. The summed E-state index contributed by atoms with van der Waals surface area (Å²) in [5.41, 5.74) is 1.31. The van der Waals surface area contributed by atoms with Gasteiger partial charge in [0.25, 0.3) is 11.8 Å². The average Bonchev–Trinajstić information content (AvgIpc) is 2.93. The molecule has 152 valence electrons. The van der Waals surface area contributed by atoms with E-state index in [-0.39, 0.29) is 34.9 Å². The van der Waals surface area contributed by atoms with Crippen molar-refractivity contribution in [2.45, 2.75) is 31.1 Å². The second kappa shape index (κ2) is 8.14. The van der Waals surface area contributed by atoms with E-state index in [1.165, 1.54) is 24.3 Å². The first-order valence-electron chi connectivity index (χ1n) is 8.99. The highest BCUT2D eigenvalue weighted by Gasteiger charge is 2.38. The molecule has 0 atom stereocenters. The Morgan fingerprint density at radius 1 is 1.00 bits per heavy atom. The number of carbonyl (C=O) groups is 3. The maximum absolute atomic E-state index is 12.3. The maximum Gasteiger partial charge on any atom is 0.334 e. The molecule has 0 bridgehead atoms. The lowest BCUT2D eigenvalue weighted by Gasteiger charge is -2.13. The molecule has 1 N–H and O–H groups in total. The average molecular weight is 416 g/mol. The second-order valence-electron chi connectivity index (χ2n) is 6.79. The highest BCUT2D eigenvalue weighted by molar-refractivity contribution is 7.89. The van der Waals surface area contributed by atoms with E-state index in [1.54, 1.807) is 24.3 Å². The minimum absolute atomic E-state index is 0.0793. The first kappa shape index (κ1) is 20.7. The number of amides is 2. The number of benzene rings is 2. The van der Waals surface area contributed by atoms with Gasteiger partial charge in [-0.15, -0.1) is 0 Å². The van der Waals surface area contributed by atoms with Crippen molar-refractivity contribution in [1.29, 1.82) is 0 Å². The van der Waals surface area contributed by atoms with Gasteiger partial charge < -0.3 is 4.84 Å². The van der Waals surface area contributed by atoms with Crippen molar-refractivity contribution in [2.24, 2.45) is 0 Å². The number of sulfonamides is 1. The Kier molecular flexibility index (Phi) is 5.81.